The molecule has 2 heterocycles. The highest BCUT2D eigenvalue weighted by Gasteiger charge is 2.26. The van der Waals surface area contributed by atoms with Gasteiger partial charge in [-0.2, -0.15) is 0 Å². The Balaban J connectivity index is 1.45. The average molecular weight is 418 g/mol. The summed E-state index contributed by atoms with van der Waals surface area (Å²) in [6, 6.07) is 20.9. The summed E-state index contributed by atoms with van der Waals surface area (Å²) in [6.07, 6.45) is 1.40. The fourth-order valence-electron chi connectivity index (χ4n) is 2.85. The lowest BCUT2D eigenvalue weighted by atomic mass is 10.1. The van der Waals surface area contributed by atoms with Gasteiger partial charge in [-0.3, -0.25) is 4.79 Å². The van der Waals surface area contributed by atoms with Crippen LogP contribution in [0.5, 0.6) is 0 Å². The number of thiazole rings is 1. The van der Waals surface area contributed by atoms with Crippen molar-refractivity contribution in [1.29, 1.82) is 0 Å². The number of rotatable bonds is 7. The molecule has 2 aromatic heterocycles. The number of hydrogen-bond acceptors (Lipinski definition) is 6. The van der Waals surface area contributed by atoms with E-state index in [0.29, 0.717) is 11.3 Å². The summed E-state index contributed by atoms with van der Waals surface area (Å²) in [5, 5.41) is 5.39. The van der Waals surface area contributed by atoms with Crippen molar-refractivity contribution in [2.75, 3.05) is 0 Å². The lowest BCUT2D eigenvalue weighted by Crippen LogP contribution is -2.34. The lowest BCUT2D eigenvalue weighted by Gasteiger charge is -2.17. The molecule has 0 aliphatic carbocycles. The van der Waals surface area contributed by atoms with Gasteiger partial charge in [-0.15, -0.1) is 11.3 Å². The van der Waals surface area contributed by atoms with E-state index >= 15 is 0 Å². The molecule has 6 nitrogen and oxygen atoms in total. The third-order valence-corrected chi connectivity index (χ3v) is 5.26. The molecule has 0 aliphatic heterocycles. The Morgan fingerprint density at radius 1 is 1.00 bits per heavy atom. The van der Waals surface area contributed by atoms with Crippen molar-refractivity contribution in [1.82, 2.24) is 10.3 Å². The number of ether oxygens (including phenoxy) is 1. The largest absolute Gasteiger partial charge is 0.459 e. The van der Waals surface area contributed by atoms with Crippen LogP contribution >= 0.6 is 11.3 Å². The molecule has 1 unspecified atom stereocenters. The first-order valence-electron chi connectivity index (χ1n) is 9.26. The summed E-state index contributed by atoms with van der Waals surface area (Å²) in [7, 11) is 0. The Bertz CT molecular complexity index is 1110. The van der Waals surface area contributed by atoms with Crippen LogP contribution in [0.15, 0.2) is 88.9 Å². The van der Waals surface area contributed by atoms with Gasteiger partial charge in [0.25, 0.3) is 5.91 Å². The van der Waals surface area contributed by atoms with Crippen LogP contribution in [-0.2, 0) is 16.1 Å². The van der Waals surface area contributed by atoms with E-state index in [1.54, 1.807) is 30.3 Å². The maximum absolute atomic E-state index is 12.8. The molecular weight excluding hydrogens is 400 g/mol. The van der Waals surface area contributed by atoms with Crippen LogP contribution in [-0.4, -0.2) is 16.9 Å². The van der Waals surface area contributed by atoms with Crippen LogP contribution in [0.25, 0.3) is 10.6 Å². The zero-order valence-corrected chi connectivity index (χ0v) is 16.7. The molecule has 1 N–H and O–H groups in total. The Kier molecular flexibility index (Phi) is 6.01. The Labute approximate surface area is 177 Å². The third kappa shape index (κ3) is 4.64. The van der Waals surface area contributed by atoms with Crippen molar-refractivity contribution in [3.05, 3.63) is 101 Å². The molecule has 0 radical (unpaired) electrons. The molecule has 0 fully saturated rings. The summed E-state index contributed by atoms with van der Waals surface area (Å²) < 4.78 is 10.6. The van der Waals surface area contributed by atoms with Gasteiger partial charge >= 0.3 is 5.97 Å². The first kappa shape index (κ1) is 19.6. The number of amides is 1. The molecule has 0 aliphatic rings. The zero-order chi connectivity index (χ0) is 20.8. The second-order valence-corrected chi connectivity index (χ2v) is 7.27. The zero-order valence-electron chi connectivity index (χ0n) is 15.9. The van der Waals surface area contributed by atoms with E-state index in [-0.39, 0.29) is 12.4 Å². The summed E-state index contributed by atoms with van der Waals surface area (Å²) >= 11 is 1.48. The minimum Gasteiger partial charge on any atom is -0.459 e. The first-order chi connectivity index (χ1) is 14.7. The molecule has 4 aromatic rings. The van der Waals surface area contributed by atoms with Crippen LogP contribution in [0.1, 0.15) is 27.9 Å². The van der Waals surface area contributed by atoms with Gasteiger partial charge < -0.3 is 14.5 Å². The van der Waals surface area contributed by atoms with Crippen molar-refractivity contribution in [3.8, 4) is 10.6 Å². The van der Waals surface area contributed by atoms with Crippen LogP contribution in [0.4, 0.5) is 0 Å². The molecule has 30 heavy (non-hydrogen) atoms. The monoisotopic (exact) mass is 418 g/mol. The van der Waals surface area contributed by atoms with Crippen LogP contribution in [0.3, 0.4) is 0 Å². The number of nitrogens with zero attached hydrogens (tertiary/aromatic N) is 1. The highest BCUT2D eigenvalue weighted by atomic mass is 32.1. The molecule has 0 bridgehead atoms. The van der Waals surface area contributed by atoms with Crippen LogP contribution in [0.2, 0.25) is 0 Å². The molecule has 2 aromatic carbocycles. The highest BCUT2D eigenvalue weighted by Crippen LogP contribution is 2.24. The summed E-state index contributed by atoms with van der Waals surface area (Å²) in [4.78, 5) is 29.7. The lowest BCUT2D eigenvalue weighted by molar-refractivity contribution is -0.147. The van der Waals surface area contributed by atoms with E-state index in [1.807, 2.05) is 41.8 Å². The van der Waals surface area contributed by atoms with E-state index in [1.165, 1.54) is 23.7 Å². The van der Waals surface area contributed by atoms with Gasteiger partial charge in [0.2, 0.25) is 0 Å². The molecule has 4 rings (SSSR count). The predicted molar refractivity (Wildman–Crippen MR) is 113 cm³/mol. The SMILES string of the molecule is O=C(NC(C(=O)OCc1csc(-c2ccccc2)n1)c1ccccc1)c1ccco1. The maximum atomic E-state index is 12.8. The number of benzene rings is 2. The quantitative estimate of drug-likeness (QED) is 0.443. The first-order valence-corrected chi connectivity index (χ1v) is 10.1. The van der Waals surface area contributed by atoms with E-state index in [9.17, 15) is 9.59 Å². The highest BCUT2D eigenvalue weighted by molar-refractivity contribution is 7.13. The number of furan rings is 1. The van der Waals surface area contributed by atoms with Gasteiger partial charge in [0.05, 0.1) is 12.0 Å². The fraction of sp³-hybridized carbons (Fsp3) is 0.0870. The Morgan fingerprint density at radius 3 is 2.43 bits per heavy atom. The van der Waals surface area contributed by atoms with Crippen molar-refractivity contribution in [2.24, 2.45) is 0 Å². The number of carbonyl (C=O) groups is 2. The summed E-state index contributed by atoms with van der Waals surface area (Å²) in [6.45, 7) is 0.0160. The standard InChI is InChI=1S/C23H18N2O4S/c26-21(19-12-7-13-28-19)25-20(16-8-3-1-4-9-16)23(27)29-14-18-15-30-22(24-18)17-10-5-2-6-11-17/h1-13,15,20H,14H2,(H,25,26). The normalized spacial score (nSPS) is 11.6. The molecule has 7 heteroatoms. The molecule has 0 saturated heterocycles. The van der Waals surface area contributed by atoms with Crippen molar-refractivity contribution in [3.63, 3.8) is 0 Å². The smallest absolute Gasteiger partial charge is 0.333 e. The van der Waals surface area contributed by atoms with Gasteiger partial charge in [-0.1, -0.05) is 60.7 Å². The molecular formula is C23H18N2O4S. The average Bonchev–Trinajstić information content (AvgIpc) is 3.49. The number of aromatic nitrogens is 1. The number of hydrogen-bond donors (Lipinski definition) is 1. The minimum absolute atomic E-state index is 0.0160. The number of carbonyl (C=O) groups excluding carboxylic acids is 2. The van der Waals surface area contributed by atoms with Crippen LogP contribution < -0.4 is 5.32 Å². The van der Waals surface area contributed by atoms with Gasteiger partial charge in [0, 0.05) is 10.9 Å². The number of esters is 1. The van der Waals surface area contributed by atoms with E-state index in [4.69, 9.17) is 9.15 Å². The third-order valence-electron chi connectivity index (χ3n) is 4.32. The molecule has 0 spiro atoms. The van der Waals surface area contributed by atoms with Gasteiger partial charge in [-0.05, 0) is 17.7 Å². The van der Waals surface area contributed by atoms with Gasteiger partial charge in [0.1, 0.15) is 11.6 Å². The van der Waals surface area contributed by atoms with Crippen molar-refractivity contribution in [2.45, 2.75) is 12.6 Å². The van der Waals surface area contributed by atoms with E-state index in [2.05, 4.69) is 10.3 Å². The van der Waals surface area contributed by atoms with Crippen molar-refractivity contribution < 1.29 is 18.7 Å². The summed E-state index contributed by atoms with van der Waals surface area (Å²) in [5.41, 5.74) is 2.27. The summed E-state index contributed by atoms with van der Waals surface area (Å²) in [5.74, 6) is -0.947. The number of nitrogens with one attached hydrogen (secondary N) is 1. The van der Waals surface area contributed by atoms with E-state index < -0.39 is 17.9 Å². The second kappa shape index (κ2) is 9.19. The maximum Gasteiger partial charge on any atom is 0.333 e. The van der Waals surface area contributed by atoms with E-state index in [0.717, 1.165) is 10.6 Å². The Morgan fingerprint density at radius 2 is 1.73 bits per heavy atom. The van der Waals surface area contributed by atoms with Gasteiger partial charge in [0.15, 0.2) is 11.8 Å². The predicted octanol–water partition coefficient (Wildman–Crippen LogP) is 4.62. The molecule has 150 valence electrons. The molecule has 0 saturated carbocycles. The molecule has 1 atom stereocenters. The van der Waals surface area contributed by atoms with Gasteiger partial charge in [-0.25, -0.2) is 9.78 Å². The fourth-order valence-corrected chi connectivity index (χ4v) is 3.66. The second-order valence-electron chi connectivity index (χ2n) is 6.41. The Hall–Kier alpha value is -3.71. The topological polar surface area (TPSA) is 81.4 Å². The minimum atomic E-state index is -0.962. The van der Waals surface area contributed by atoms with Crippen LogP contribution in [0, 0.1) is 0 Å². The molecule has 1 amide bonds. The van der Waals surface area contributed by atoms with Crippen molar-refractivity contribution >= 4 is 23.2 Å².